The van der Waals surface area contributed by atoms with Crippen LogP contribution in [0.4, 0.5) is 0 Å². The third-order valence-electron chi connectivity index (χ3n) is 2.70. The predicted molar refractivity (Wildman–Crippen MR) is 76.1 cm³/mol. The molecule has 2 rings (SSSR count). The van der Waals surface area contributed by atoms with Crippen molar-refractivity contribution >= 4 is 12.1 Å². The van der Waals surface area contributed by atoms with Gasteiger partial charge in [0.15, 0.2) is 0 Å². The minimum Gasteiger partial charge on any atom is -0.311 e. The number of hydrogen-bond acceptors (Lipinski definition) is 5. The highest BCUT2D eigenvalue weighted by atomic mass is 16.2. The number of pyridine rings is 1. The lowest BCUT2D eigenvalue weighted by molar-refractivity contribution is -0.120. The fourth-order valence-electron chi connectivity index (χ4n) is 1.67. The molecular weight excluding hydrogens is 274 g/mol. The summed E-state index contributed by atoms with van der Waals surface area (Å²) in [7, 11) is 0. The highest BCUT2D eigenvalue weighted by Gasteiger charge is 2.10. The molecule has 0 radical (unpaired) electrons. The Bertz CT molecular complexity index is 776. The van der Waals surface area contributed by atoms with Crippen molar-refractivity contribution < 1.29 is 4.79 Å². The number of nitrogens with zero attached hydrogens (tertiary/aromatic N) is 2. The van der Waals surface area contributed by atoms with E-state index in [2.05, 4.69) is 25.5 Å². The minimum absolute atomic E-state index is 0.175. The molecule has 0 saturated heterocycles. The van der Waals surface area contributed by atoms with Crippen LogP contribution >= 0.6 is 0 Å². The molecule has 2 heterocycles. The molecule has 108 valence electrons. The SMILES string of the molecule is Cc1[nH]c(=O)[nH]c(=O)c1CC(=O)N/N=C\c1ccncc1. The van der Waals surface area contributed by atoms with Crippen LogP contribution in [0.25, 0.3) is 0 Å². The average molecular weight is 287 g/mol. The molecule has 0 saturated carbocycles. The van der Waals surface area contributed by atoms with Crippen LogP contribution in [-0.2, 0) is 11.2 Å². The van der Waals surface area contributed by atoms with Gasteiger partial charge in [-0.25, -0.2) is 10.2 Å². The van der Waals surface area contributed by atoms with Crippen molar-refractivity contribution in [1.29, 1.82) is 0 Å². The molecule has 0 unspecified atom stereocenters. The van der Waals surface area contributed by atoms with Crippen molar-refractivity contribution in [2.24, 2.45) is 5.10 Å². The van der Waals surface area contributed by atoms with Gasteiger partial charge in [0.2, 0.25) is 5.91 Å². The van der Waals surface area contributed by atoms with E-state index in [4.69, 9.17) is 0 Å². The number of hydrogen-bond donors (Lipinski definition) is 3. The zero-order chi connectivity index (χ0) is 15.2. The van der Waals surface area contributed by atoms with Crippen LogP contribution in [0.3, 0.4) is 0 Å². The molecule has 21 heavy (non-hydrogen) atoms. The number of amides is 1. The largest absolute Gasteiger partial charge is 0.325 e. The standard InChI is InChI=1S/C13H13N5O3/c1-8-10(12(20)17-13(21)16-8)6-11(19)18-15-7-9-2-4-14-5-3-9/h2-5,7H,6H2,1H3,(H,18,19)(H2,16,17,20,21)/b15-7-. The third kappa shape index (κ3) is 3.96. The molecule has 0 fully saturated rings. The van der Waals surface area contributed by atoms with Gasteiger partial charge in [-0.1, -0.05) is 0 Å². The zero-order valence-electron chi connectivity index (χ0n) is 11.2. The van der Waals surface area contributed by atoms with Gasteiger partial charge in [-0.3, -0.25) is 19.6 Å². The van der Waals surface area contributed by atoms with E-state index >= 15 is 0 Å². The Morgan fingerprint density at radius 3 is 2.71 bits per heavy atom. The van der Waals surface area contributed by atoms with E-state index in [0.717, 1.165) is 5.56 Å². The molecule has 3 N–H and O–H groups in total. The molecule has 8 nitrogen and oxygen atoms in total. The quantitative estimate of drug-likeness (QED) is 0.516. The highest BCUT2D eigenvalue weighted by molar-refractivity contribution is 5.83. The van der Waals surface area contributed by atoms with Crippen molar-refractivity contribution in [3.63, 3.8) is 0 Å². The number of carbonyl (C=O) groups excluding carboxylic acids is 1. The van der Waals surface area contributed by atoms with E-state index in [9.17, 15) is 14.4 Å². The maximum atomic E-state index is 11.7. The monoisotopic (exact) mass is 287 g/mol. The van der Waals surface area contributed by atoms with E-state index in [-0.39, 0.29) is 12.0 Å². The van der Waals surface area contributed by atoms with Crippen molar-refractivity contribution in [3.8, 4) is 0 Å². The van der Waals surface area contributed by atoms with Crippen LogP contribution in [0.15, 0.2) is 39.2 Å². The molecule has 0 aliphatic rings. The van der Waals surface area contributed by atoms with Gasteiger partial charge in [0.05, 0.1) is 12.6 Å². The number of carbonyl (C=O) groups is 1. The van der Waals surface area contributed by atoms with Crippen LogP contribution in [0, 0.1) is 6.92 Å². The lowest BCUT2D eigenvalue weighted by Crippen LogP contribution is -2.30. The van der Waals surface area contributed by atoms with E-state index in [1.165, 1.54) is 6.21 Å². The van der Waals surface area contributed by atoms with Gasteiger partial charge in [-0.05, 0) is 24.6 Å². The van der Waals surface area contributed by atoms with E-state index < -0.39 is 17.2 Å². The van der Waals surface area contributed by atoms with E-state index in [0.29, 0.717) is 5.69 Å². The number of hydrazone groups is 1. The van der Waals surface area contributed by atoms with Gasteiger partial charge >= 0.3 is 5.69 Å². The Balaban J connectivity index is 2.01. The first-order valence-electron chi connectivity index (χ1n) is 6.10. The summed E-state index contributed by atoms with van der Waals surface area (Å²) in [6.07, 6.45) is 4.49. The van der Waals surface area contributed by atoms with Crippen LogP contribution < -0.4 is 16.7 Å². The first-order valence-corrected chi connectivity index (χ1v) is 6.10. The summed E-state index contributed by atoms with van der Waals surface area (Å²) in [6, 6.07) is 3.46. The molecule has 2 aromatic rings. The average Bonchev–Trinajstić information content (AvgIpc) is 2.44. The van der Waals surface area contributed by atoms with Crippen LogP contribution in [-0.4, -0.2) is 27.1 Å². The van der Waals surface area contributed by atoms with Crippen LogP contribution in [0.5, 0.6) is 0 Å². The van der Waals surface area contributed by atoms with E-state index in [1.807, 2.05) is 0 Å². The van der Waals surface area contributed by atoms with Crippen LogP contribution in [0.1, 0.15) is 16.8 Å². The third-order valence-corrected chi connectivity index (χ3v) is 2.70. The Kier molecular flexibility index (Phi) is 4.39. The van der Waals surface area contributed by atoms with Crippen molar-refractivity contribution in [3.05, 3.63) is 62.2 Å². The summed E-state index contributed by atoms with van der Waals surface area (Å²) >= 11 is 0. The summed E-state index contributed by atoms with van der Waals surface area (Å²) in [5.41, 5.74) is 2.47. The van der Waals surface area contributed by atoms with Gasteiger partial charge in [0.1, 0.15) is 0 Å². The number of aromatic nitrogens is 3. The zero-order valence-corrected chi connectivity index (χ0v) is 11.2. The van der Waals surface area contributed by atoms with Gasteiger partial charge in [0.25, 0.3) is 5.56 Å². The molecule has 1 amide bonds. The van der Waals surface area contributed by atoms with E-state index in [1.54, 1.807) is 31.5 Å². The van der Waals surface area contributed by atoms with Gasteiger partial charge in [-0.2, -0.15) is 5.10 Å². The fraction of sp³-hybridized carbons (Fsp3) is 0.154. The Morgan fingerprint density at radius 1 is 1.33 bits per heavy atom. The van der Waals surface area contributed by atoms with Gasteiger partial charge in [-0.15, -0.1) is 0 Å². The Hall–Kier alpha value is -3.03. The summed E-state index contributed by atoms with van der Waals surface area (Å²) in [6.45, 7) is 1.56. The lowest BCUT2D eigenvalue weighted by atomic mass is 10.1. The number of rotatable bonds is 4. The summed E-state index contributed by atoms with van der Waals surface area (Å²) in [5, 5.41) is 3.78. The van der Waals surface area contributed by atoms with Crippen LogP contribution in [0.2, 0.25) is 0 Å². The Morgan fingerprint density at radius 2 is 2.05 bits per heavy atom. The van der Waals surface area contributed by atoms with Crippen molar-refractivity contribution in [1.82, 2.24) is 20.4 Å². The molecule has 0 atom stereocenters. The number of H-pyrrole nitrogens is 2. The lowest BCUT2D eigenvalue weighted by Gasteiger charge is -2.02. The smallest absolute Gasteiger partial charge is 0.311 e. The molecule has 2 aromatic heterocycles. The number of aryl methyl sites for hydroxylation is 1. The maximum absolute atomic E-state index is 11.7. The summed E-state index contributed by atoms with van der Waals surface area (Å²) < 4.78 is 0. The minimum atomic E-state index is -0.600. The molecule has 0 aliphatic heterocycles. The first kappa shape index (κ1) is 14.4. The normalized spacial score (nSPS) is 10.7. The second kappa shape index (κ2) is 6.42. The second-order valence-electron chi connectivity index (χ2n) is 4.26. The number of nitrogens with one attached hydrogen (secondary N) is 3. The van der Waals surface area contributed by atoms with Gasteiger partial charge < -0.3 is 4.98 Å². The topological polar surface area (TPSA) is 120 Å². The molecule has 8 heteroatoms. The molecule has 0 spiro atoms. The molecule has 0 aromatic carbocycles. The number of aromatic amines is 2. The Labute approximate surface area is 119 Å². The molecular formula is C13H13N5O3. The van der Waals surface area contributed by atoms with Gasteiger partial charge in [0, 0.05) is 23.7 Å². The summed E-state index contributed by atoms with van der Waals surface area (Å²) in [5.74, 6) is -0.457. The van der Waals surface area contributed by atoms with Crippen molar-refractivity contribution in [2.45, 2.75) is 13.3 Å². The maximum Gasteiger partial charge on any atom is 0.325 e. The fourth-order valence-corrected chi connectivity index (χ4v) is 1.67. The second-order valence-corrected chi connectivity index (χ2v) is 4.26. The molecule has 0 bridgehead atoms. The molecule has 0 aliphatic carbocycles. The first-order chi connectivity index (χ1) is 10.1. The summed E-state index contributed by atoms with van der Waals surface area (Å²) in [4.78, 5) is 42.7. The highest BCUT2D eigenvalue weighted by Crippen LogP contribution is 1.96. The predicted octanol–water partition coefficient (Wildman–Crippen LogP) is -0.541. The van der Waals surface area contributed by atoms with Crippen molar-refractivity contribution in [2.75, 3.05) is 0 Å².